The van der Waals surface area contributed by atoms with E-state index in [2.05, 4.69) is 15.0 Å². The van der Waals surface area contributed by atoms with Crippen LogP contribution in [0, 0.1) is 12.8 Å². The predicted molar refractivity (Wildman–Crippen MR) is 70.4 cm³/mol. The molecule has 0 saturated carbocycles. The Morgan fingerprint density at radius 3 is 2.65 bits per heavy atom. The van der Waals surface area contributed by atoms with E-state index in [9.17, 15) is 0 Å². The van der Waals surface area contributed by atoms with E-state index in [1.54, 1.807) is 0 Å². The van der Waals surface area contributed by atoms with E-state index in [1.807, 2.05) is 45.0 Å². The van der Waals surface area contributed by atoms with Crippen molar-refractivity contribution in [1.29, 1.82) is 0 Å². The van der Waals surface area contributed by atoms with E-state index in [0.29, 0.717) is 17.5 Å². The molecule has 0 spiro atoms. The van der Waals surface area contributed by atoms with Crippen LogP contribution in [0.5, 0.6) is 0 Å². The maximum atomic E-state index is 5.88. The van der Waals surface area contributed by atoms with Crippen molar-refractivity contribution in [3.05, 3.63) is 30.1 Å². The number of hydrogen-bond acceptors (Lipinski definition) is 3. The topological polar surface area (TPSA) is 64.2 Å². The van der Waals surface area contributed by atoms with Gasteiger partial charge in [0.1, 0.15) is 11.7 Å². The van der Waals surface area contributed by atoms with Crippen molar-refractivity contribution < 1.29 is 0 Å². The van der Waals surface area contributed by atoms with Crippen molar-refractivity contribution in [3.8, 4) is 0 Å². The van der Waals surface area contributed by atoms with Crippen LogP contribution < -0.4 is 5.73 Å². The van der Waals surface area contributed by atoms with Crippen molar-refractivity contribution in [2.24, 2.45) is 16.6 Å². The Morgan fingerprint density at radius 1 is 1.24 bits per heavy atom. The second-order valence-electron chi connectivity index (χ2n) is 4.30. The predicted octanol–water partition coefficient (Wildman–Crippen LogP) is 2.58. The summed E-state index contributed by atoms with van der Waals surface area (Å²) in [4.78, 5) is 13.1. The molecule has 0 amide bonds. The molecule has 4 nitrogen and oxygen atoms in total. The summed E-state index contributed by atoms with van der Waals surface area (Å²) in [6.45, 7) is 5.88. The lowest BCUT2D eigenvalue weighted by Crippen LogP contribution is -2.18. The van der Waals surface area contributed by atoms with Crippen molar-refractivity contribution in [2.75, 3.05) is 0 Å². The van der Waals surface area contributed by atoms with E-state index >= 15 is 0 Å². The largest absolute Gasteiger partial charge is 0.387 e. The molecule has 0 fully saturated rings. The van der Waals surface area contributed by atoms with Gasteiger partial charge in [0, 0.05) is 11.3 Å². The highest BCUT2D eigenvalue weighted by atomic mass is 15.0. The molecule has 2 rings (SSSR count). The second kappa shape index (κ2) is 4.49. The number of aryl methyl sites for hydroxylation is 1. The first-order chi connectivity index (χ1) is 8.08. The molecule has 0 aliphatic rings. The van der Waals surface area contributed by atoms with Crippen molar-refractivity contribution >= 4 is 22.6 Å². The molecule has 2 aromatic rings. The molecule has 0 saturated heterocycles. The van der Waals surface area contributed by atoms with Gasteiger partial charge in [-0.15, -0.1) is 0 Å². The molecule has 2 N–H and O–H groups in total. The molecule has 0 bridgehead atoms. The quantitative estimate of drug-likeness (QED) is 0.634. The minimum absolute atomic E-state index is 0.212. The van der Waals surface area contributed by atoms with Crippen LogP contribution in [0.15, 0.2) is 29.3 Å². The van der Waals surface area contributed by atoms with Crippen LogP contribution in [0.3, 0.4) is 0 Å². The highest BCUT2D eigenvalue weighted by molar-refractivity contribution is 5.92. The molecule has 0 aliphatic heterocycles. The fourth-order valence-electron chi connectivity index (χ4n) is 1.51. The van der Waals surface area contributed by atoms with Crippen LogP contribution in [-0.2, 0) is 0 Å². The van der Waals surface area contributed by atoms with Crippen LogP contribution in [0.2, 0.25) is 0 Å². The summed E-state index contributed by atoms with van der Waals surface area (Å²) < 4.78 is 0. The molecular formula is C13H16N4. The van der Waals surface area contributed by atoms with Gasteiger partial charge >= 0.3 is 0 Å². The normalized spacial score (nSPS) is 12.4. The number of nitrogens with two attached hydrogens (primary N) is 1. The minimum Gasteiger partial charge on any atom is -0.387 e. The van der Waals surface area contributed by atoms with Gasteiger partial charge in [-0.3, -0.25) is 0 Å². The first kappa shape index (κ1) is 11.5. The highest BCUT2D eigenvalue weighted by Crippen LogP contribution is 2.22. The summed E-state index contributed by atoms with van der Waals surface area (Å²) in [5.41, 5.74) is 6.78. The Balaban J connectivity index is 2.64. The van der Waals surface area contributed by atoms with Crippen LogP contribution in [0.25, 0.3) is 10.9 Å². The molecule has 1 aromatic carbocycles. The molecule has 17 heavy (non-hydrogen) atoms. The SMILES string of the molecule is Cc1nc(N=C(N)C(C)C)c2ccccc2n1. The summed E-state index contributed by atoms with van der Waals surface area (Å²) in [5, 5.41) is 0.932. The Bertz CT molecular complexity index is 573. The monoisotopic (exact) mass is 228 g/mol. The summed E-state index contributed by atoms with van der Waals surface area (Å²) in [6.07, 6.45) is 0. The maximum Gasteiger partial charge on any atom is 0.165 e. The number of aliphatic imine (C=N–C) groups is 1. The van der Waals surface area contributed by atoms with Gasteiger partial charge in [0.15, 0.2) is 5.82 Å². The van der Waals surface area contributed by atoms with E-state index in [0.717, 1.165) is 10.9 Å². The molecule has 1 heterocycles. The summed E-state index contributed by atoms with van der Waals surface area (Å²) >= 11 is 0. The van der Waals surface area contributed by atoms with Gasteiger partial charge in [-0.05, 0) is 19.1 Å². The zero-order chi connectivity index (χ0) is 12.4. The summed E-state index contributed by atoms with van der Waals surface area (Å²) in [6, 6.07) is 7.81. The van der Waals surface area contributed by atoms with Gasteiger partial charge in [-0.25, -0.2) is 15.0 Å². The van der Waals surface area contributed by atoms with Gasteiger partial charge in [0.25, 0.3) is 0 Å². The smallest absolute Gasteiger partial charge is 0.165 e. The van der Waals surface area contributed by atoms with Crippen LogP contribution in [0.1, 0.15) is 19.7 Å². The number of hydrogen-bond donors (Lipinski definition) is 1. The number of aromatic nitrogens is 2. The van der Waals surface area contributed by atoms with E-state index < -0.39 is 0 Å². The van der Waals surface area contributed by atoms with E-state index in [-0.39, 0.29) is 5.92 Å². The van der Waals surface area contributed by atoms with Crippen molar-refractivity contribution in [2.45, 2.75) is 20.8 Å². The first-order valence-corrected chi connectivity index (χ1v) is 5.65. The van der Waals surface area contributed by atoms with E-state index in [1.165, 1.54) is 0 Å². The van der Waals surface area contributed by atoms with Gasteiger partial charge < -0.3 is 5.73 Å². The first-order valence-electron chi connectivity index (χ1n) is 5.65. The van der Waals surface area contributed by atoms with Crippen LogP contribution in [-0.4, -0.2) is 15.8 Å². The molecule has 0 aliphatic carbocycles. The van der Waals surface area contributed by atoms with Crippen LogP contribution in [0.4, 0.5) is 5.82 Å². The minimum atomic E-state index is 0.212. The molecule has 0 radical (unpaired) electrons. The molecule has 4 heteroatoms. The number of para-hydroxylation sites is 1. The molecule has 0 unspecified atom stereocenters. The Kier molecular flexibility index (Phi) is 3.04. The number of amidine groups is 1. The lowest BCUT2D eigenvalue weighted by molar-refractivity contribution is 0.871. The van der Waals surface area contributed by atoms with Gasteiger partial charge in [-0.2, -0.15) is 0 Å². The van der Waals surface area contributed by atoms with Gasteiger partial charge in [0.05, 0.1) is 5.52 Å². The maximum absolute atomic E-state index is 5.88. The van der Waals surface area contributed by atoms with Gasteiger partial charge in [-0.1, -0.05) is 26.0 Å². The Morgan fingerprint density at radius 2 is 1.94 bits per heavy atom. The zero-order valence-electron chi connectivity index (χ0n) is 10.3. The lowest BCUT2D eigenvalue weighted by Gasteiger charge is -2.06. The highest BCUT2D eigenvalue weighted by Gasteiger charge is 2.06. The molecule has 88 valence electrons. The summed E-state index contributed by atoms with van der Waals surface area (Å²) in [7, 11) is 0. The Labute approximate surface area is 101 Å². The zero-order valence-corrected chi connectivity index (χ0v) is 10.3. The fourth-order valence-corrected chi connectivity index (χ4v) is 1.51. The third kappa shape index (κ3) is 2.41. The lowest BCUT2D eigenvalue weighted by atomic mass is 10.2. The molecule has 1 aromatic heterocycles. The third-order valence-electron chi connectivity index (χ3n) is 2.52. The van der Waals surface area contributed by atoms with Crippen LogP contribution >= 0.6 is 0 Å². The van der Waals surface area contributed by atoms with E-state index in [4.69, 9.17) is 5.73 Å². The van der Waals surface area contributed by atoms with Crippen molar-refractivity contribution in [3.63, 3.8) is 0 Å². The fraction of sp³-hybridized carbons (Fsp3) is 0.308. The molecular weight excluding hydrogens is 212 g/mol. The second-order valence-corrected chi connectivity index (χ2v) is 4.30. The number of benzene rings is 1. The average molecular weight is 228 g/mol. The van der Waals surface area contributed by atoms with Crippen molar-refractivity contribution in [1.82, 2.24) is 9.97 Å². The third-order valence-corrected chi connectivity index (χ3v) is 2.52. The molecule has 0 atom stereocenters. The average Bonchev–Trinajstić information content (AvgIpc) is 2.28. The van der Waals surface area contributed by atoms with Gasteiger partial charge in [0.2, 0.25) is 0 Å². The standard InChI is InChI=1S/C13H16N4/c1-8(2)12(14)17-13-10-6-4-5-7-11(10)15-9(3)16-13/h4-8H,1-3H3,(H2,14,15,16,17). The number of nitrogens with zero attached hydrogens (tertiary/aromatic N) is 3. The number of fused-ring (bicyclic) bond motifs is 1. The summed E-state index contributed by atoms with van der Waals surface area (Å²) in [5.74, 6) is 2.16. The Hall–Kier alpha value is -1.97. The number of rotatable bonds is 2.